The minimum atomic E-state index is -1.33. The van der Waals surface area contributed by atoms with Gasteiger partial charge in [-0.3, -0.25) is 4.68 Å². The van der Waals surface area contributed by atoms with Gasteiger partial charge >= 0.3 is 0 Å². The first-order valence-electron chi connectivity index (χ1n) is 8.59. The number of halogens is 1. The van der Waals surface area contributed by atoms with Crippen LogP contribution in [0.3, 0.4) is 0 Å². The molecule has 2 aromatic rings. The lowest BCUT2D eigenvalue weighted by atomic mass is 9.97. The second-order valence-electron chi connectivity index (χ2n) is 7.79. The molecule has 1 aromatic heterocycles. The second-order valence-corrected chi connectivity index (χ2v) is 7.79. The van der Waals surface area contributed by atoms with Gasteiger partial charge in [-0.1, -0.05) is 32.0 Å². The van der Waals surface area contributed by atoms with Gasteiger partial charge in [-0.25, -0.2) is 4.39 Å². The Kier molecular flexibility index (Phi) is 3.86. The first kappa shape index (κ1) is 16.2. The summed E-state index contributed by atoms with van der Waals surface area (Å²) in [6, 6.07) is 10.2. The molecule has 1 aliphatic rings. The van der Waals surface area contributed by atoms with Crippen LogP contribution in [-0.2, 0) is 5.67 Å². The van der Waals surface area contributed by atoms with E-state index >= 15 is 0 Å². The van der Waals surface area contributed by atoms with Crippen LogP contribution >= 0.6 is 0 Å². The van der Waals surface area contributed by atoms with Crippen LogP contribution in [0.1, 0.15) is 64.8 Å². The normalized spacial score (nSPS) is 24.3. The highest BCUT2D eigenvalue weighted by Gasteiger charge is 2.46. The lowest BCUT2D eigenvalue weighted by Gasteiger charge is -2.15. The first-order valence-corrected chi connectivity index (χ1v) is 8.59. The fraction of sp³-hybridized carbons (Fsp3) is 0.550. The van der Waals surface area contributed by atoms with Crippen molar-refractivity contribution >= 4 is 0 Å². The predicted molar refractivity (Wildman–Crippen MR) is 93.3 cm³/mol. The van der Waals surface area contributed by atoms with E-state index in [0.29, 0.717) is 29.4 Å². The summed E-state index contributed by atoms with van der Waals surface area (Å²) in [4.78, 5) is 0. The van der Waals surface area contributed by atoms with E-state index in [9.17, 15) is 4.39 Å². The highest BCUT2D eigenvalue weighted by Crippen LogP contribution is 2.54. The van der Waals surface area contributed by atoms with Gasteiger partial charge in [-0.05, 0) is 57.2 Å². The van der Waals surface area contributed by atoms with Gasteiger partial charge in [-0.2, -0.15) is 5.10 Å². The maximum absolute atomic E-state index is 14.2. The summed E-state index contributed by atoms with van der Waals surface area (Å²) >= 11 is 0. The van der Waals surface area contributed by atoms with Crippen molar-refractivity contribution in [3.63, 3.8) is 0 Å². The molecule has 0 spiro atoms. The molecule has 2 unspecified atom stereocenters. The first-order chi connectivity index (χ1) is 10.7. The second kappa shape index (κ2) is 5.47. The van der Waals surface area contributed by atoms with Gasteiger partial charge in [0.1, 0.15) is 5.67 Å². The zero-order chi connectivity index (χ0) is 16.9. The van der Waals surface area contributed by atoms with Crippen molar-refractivity contribution in [2.24, 2.45) is 11.8 Å². The van der Waals surface area contributed by atoms with Gasteiger partial charge in [0, 0.05) is 23.2 Å². The third-order valence-electron chi connectivity index (χ3n) is 5.26. The van der Waals surface area contributed by atoms with Crippen molar-refractivity contribution in [2.45, 2.75) is 59.2 Å². The van der Waals surface area contributed by atoms with Crippen LogP contribution in [0.25, 0.3) is 11.3 Å². The lowest BCUT2D eigenvalue weighted by molar-refractivity contribution is 0.221. The van der Waals surface area contributed by atoms with E-state index < -0.39 is 5.67 Å². The van der Waals surface area contributed by atoms with Crippen LogP contribution in [0.15, 0.2) is 30.3 Å². The molecule has 0 N–H and O–H groups in total. The Balaban J connectivity index is 2.03. The summed E-state index contributed by atoms with van der Waals surface area (Å²) in [6.07, 6.45) is 0. The number of hydrogen-bond donors (Lipinski definition) is 0. The average Bonchev–Trinajstić information content (AvgIpc) is 2.89. The minimum absolute atomic E-state index is 0.333. The molecule has 3 rings (SSSR count). The highest BCUT2D eigenvalue weighted by molar-refractivity contribution is 5.61. The molecule has 0 bridgehead atoms. The number of aromatic nitrogens is 2. The molecular formula is C20H27FN2. The Morgan fingerprint density at radius 3 is 2.30 bits per heavy atom. The number of hydrogen-bond acceptors (Lipinski definition) is 1. The van der Waals surface area contributed by atoms with Crippen molar-refractivity contribution in [1.29, 1.82) is 0 Å². The molecule has 1 aliphatic carbocycles. The van der Waals surface area contributed by atoms with Crippen molar-refractivity contribution in [2.75, 3.05) is 0 Å². The van der Waals surface area contributed by atoms with Crippen molar-refractivity contribution in [3.8, 4) is 11.3 Å². The zero-order valence-electron chi connectivity index (χ0n) is 15.0. The Hall–Kier alpha value is -1.64. The third-order valence-corrected chi connectivity index (χ3v) is 5.26. The molecule has 23 heavy (non-hydrogen) atoms. The molecule has 2 atom stereocenters. The van der Waals surface area contributed by atoms with Crippen LogP contribution in [0.4, 0.5) is 4.39 Å². The summed E-state index contributed by atoms with van der Waals surface area (Å²) in [5.74, 6) is 2.03. The van der Waals surface area contributed by atoms with Crippen LogP contribution in [0.2, 0.25) is 0 Å². The lowest BCUT2D eigenvalue weighted by Crippen LogP contribution is -2.09. The molecule has 2 nitrogen and oxygen atoms in total. The maximum Gasteiger partial charge on any atom is 0.130 e. The number of nitrogens with zero attached hydrogens (tertiary/aromatic N) is 2. The molecule has 124 valence electrons. The van der Waals surface area contributed by atoms with Gasteiger partial charge in [0.15, 0.2) is 0 Å². The molecule has 0 saturated heterocycles. The molecule has 1 saturated carbocycles. The van der Waals surface area contributed by atoms with E-state index in [-0.39, 0.29) is 0 Å². The molecule has 0 aliphatic heterocycles. The van der Waals surface area contributed by atoms with Gasteiger partial charge in [0.05, 0.1) is 5.69 Å². The molecule has 0 amide bonds. The van der Waals surface area contributed by atoms with Gasteiger partial charge < -0.3 is 0 Å². The largest absolute Gasteiger partial charge is 0.266 e. The highest BCUT2D eigenvalue weighted by atomic mass is 19.1. The minimum Gasteiger partial charge on any atom is -0.266 e. The fourth-order valence-electron chi connectivity index (χ4n) is 3.46. The van der Waals surface area contributed by atoms with Crippen LogP contribution in [0, 0.1) is 11.8 Å². The standard InChI is InChI=1S/C20H27FN2/c1-12(2)23-18(19-13(3)14(19)4)11-17(22-23)15-8-7-9-16(10-15)20(5,6)21/h7-14,19H,1-6H3. The van der Waals surface area contributed by atoms with E-state index in [4.69, 9.17) is 5.10 Å². The van der Waals surface area contributed by atoms with E-state index in [1.165, 1.54) is 5.69 Å². The van der Waals surface area contributed by atoms with E-state index in [0.717, 1.165) is 11.3 Å². The average molecular weight is 314 g/mol. The van der Waals surface area contributed by atoms with Crippen LogP contribution < -0.4 is 0 Å². The van der Waals surface area contributed by atoms with Crippen LogP contribution in [0.5, 0.6) is 0 Å². The van der Waals surface area contributed by atoms with Crippen molar-refractivity contribution < 1.29 is 4.39 Å². The van der Waals surface area contributed by atoms with E-state index in [1.54, 1.807) is 13.8 Å². The fourth-order valence-corrected chi connectivity index (χ4v) is 3.46. The maximum atomic E-state index is 14.2. The molecule has 3 heteroatoms. The van der Waals surface area contributed by atoms with Crippen molar-refractivity contribution in [3.05, 3.63) is 41.6 Å². The predicted octanol–water partition coefficient (Wildman–Crippen LogP) is 5.71. The zero-order valence-corrected chi connectivity index (χ0v) is 15.0. The quantitative estimate of drug-likeness (QED) is 0.707. The number of alkyl halides is 1. The molecule has 0 radical (unpaired) electrons. The summed E-state index contributed by atoms with van der Waals surface area (Å²) in [5, 5.41) is 4.83. The molecule has 1 aromatic carbocycles. The summed E-state index contributed by atoms with van der Waals surface area (Å²) < 4.78 is 16.4. The van der Waals surface area contributed by atoms with E-state index in [1.807, 2.05) is 24.3 Å². The summed E-state index contributed by atoms with van der Waals surface area (Å²) in [6.45, 7) is 12.1. The van der Waals surface area contributed by atoms with Gasteiger partial charge in [0.25, 0.3) is 0 Å². The topological polar surface area (TPSA) is 17.8 Å². The molecular weight excluding hydrogens is 287 g/mol. The number of rotatable bonds is 4. The Morgan fingerprint density at radius 1 is 1.13 bits per heavy atom. The van der Waals surface area contributed by atoms with Crippen molar-refractivity contribution in [1.82, 2.24) is 9.78 Å². The Bertz CT molecular complexity index is 701. The summed E-state index contributed by atoms with van der Waals surface area (Å²) in [5.41, 5.74) is 2.63. The Labute approximate surface area is 138 Å². The SMILES string of the molecule is CC1C(C)C1c1cc(-c2cccc(C(C)(C)F)c2)nn1C(C)C. The van der Waals surface area contributed by atoms with E-state index in [2.05, 4.69) is 38.4 Å². The third kappa shape index (κ3) is 2.93. The van der Waals surface area contributed by atoms with Crippen LogP contribution in [-0.4, -0.2) is 9.78 Å². The Morgan fingerprint density at radius 2 is 1.78 bits per heavy atom. The van der Waals surface area contributed by atoms with Gasteiger partial charge in [0.2, 0.25) is 0 Å². The number of benzene rings is 1. The monoisotopic (exact) mass is 314 g/mol. The molecule has 1 heterocycles. The van der Waals surface area contributed by atoms with Gasteiger partial charge in [-0.15, -0.1) is 0 Å². The summed E-state index contributed by atoms with van der Waals surface area (Å²) in [7, 11) is 0. The molecule has 1 fully saturated rings. The smallest absolute Gasteiger partial charge is 0.130 e.